The second-order valence-corrected chi connectivity index (χ2v) is 7.88. The summed E-state index contributed by atoms with van der Waals surface area (Å²) < 4.78 is 0. The number of piperidine rings is 1. The van der Waals surface area contributed by atoms with Crippen LogP contribution in [-0.2, 0) is 4.79 Å². The van der Waals surface area contributed by atoms with Gasteiger partial charge in [-0.25, -0.2) is 0 Å². The van der Waals surface area contributed by atoms with E-state index >= 15 is 0 Å². The topological polar surface area (TPSA) is 88.3 Å². The van der Waals surface area contributed by atoms with Gasteiger partial charge >= 0.3 is 0 Å². The van der Waals surface area contributed by atoms with Crippen molar-refractivity contribution >= 4 is 22.7 Å². The van der Waals surface area contributed by atoms with Crippen molar-refractivity contribution in [2.24, 2.45) is 5.73 Å². The van der Waals surface area contributed by atoms with Crippen molar-refractivity contribution in [3.63, 3.8) is 0 Å². The summed E-state index contributed by atoms with van der Waals surface area (Å²) in [5.74, 6) is 0.494. The van der Waals surface area contributed by atoms with E-state index in [1.165, 1.54) is 0 Å². The van der Waals surface area contributed by atoms with E-state index in [-0.39, 0.29) is 17.9 Å². The van der Waals surface area contributed by atoms with Crippen LogP contribution in [0.25, 0.3) is 10.9 Å². The third kappa shape index (κ3) is 4.02. The molecule has 1 aromatic carbocycles. The Morgan fingerprint density at radius 1 is 1.18 bits per heavy atom. The number of amides is 2. The van der Waals surface area contributed by atoms with Crippen molar-refractivity contribution in [1.29, 1.82) is 0 Å². The Hall–Kier alpha value is -2.47. The molecule has 28 heavy (non-hydrogen) atoms. The lowest BCUT2D eigenvalue weighted by Gasteiger charge is -2.36. The van der Waals surface area contributed by atoms with Gasteiger partial charge in [0.15, 0.2) is 0 Å². The number of pyridine rings is 1. The third-order valence-electron chi connectivity index (χ3n) is 5.76. The fourth-order valence-corrected chi connectivity index (χ4v) is 4.05. The molecule has 4 rings (SSSR count). The van der Waals surface area contributed by atoms with Crippen LogP contribution in [0.4, 0.5) is 0 Å². The maximum Gasteiger partial charge on any atom is 0.254 e. The minimum atomic E-state index is -0.0501. The number of hydrogen-bond acceptors (Lipinski definition) is 4. The van der Waals surface area contributed by atoms with E-state index in [2.05, 4.69) is 5.32 Å². The van der Waals surface area contributed by atoms with Crippen LogP contribution in [0, 0.1) is 0 Å². The number of nitrogens with zero attached hydrogens (tertiary/aromatic N) is 2. The van der Waals surface area contributed by atoms with Gasteiger partial charge in [0.1, 0.15) is 0 Å². The lowest BCUT2D eigenvalue weighted by molar-refractivity contribution is -0.121. The molecule has 1 saturated heterocycles. The number of para-hydroxylation sites is 1. The van der Waals surface area contributed by atoms with E-state index in [4.69, 9.17) is 10.7 Å². The summed E-state index contributed by atoms with van der Waals surface area (Å²) in [5.41, 5.74) is 8.12. The van der Waals surface area contributed by atoms with Crippen molar-refractivity contribution < 1.29 is 9.59 Å². The molecule has 2 aliphatic rings. The van der Waals surface area contributed by atoms with Gasteiger partial charge in [-0.05, 0) is 44.2 Å². The molecule has 2 heterocycles. The molecule has 1 unspecified atom stereocenters. The molecule has 1 aliphatic heterocycles. The van der Waals surface area contributed by atoms with Crippen LogP contribution < -0.4 is 11.1 Å². The Morgan fingerprint density at radius 3 is 2.79 bits per heavy atom. The second kappa shape index (κ2) is 8.27. The zero-order valence-electron chi connectivity index (χ0n) is 16.2. The van der Waals surface area contributed by atoms with E-state index in [1.807, 2.05) is 35.2 Å². The molecular weight excluding hydrogens is 352 g/mol. The molecule has 0 radical (unpaired) electrons. The van der Waals surface area contributed by atoms with Gasteiger partial charge < -0.3 is 16.0 Å². The summed E-state index contributed by atoms with van der Waals surface area (Å²) in [6.07, 6.45) is 5.60. The fourth-order valence-electron chi connectivity index (χ4n) is 4.05. The van der Waals surface area contributed by atoms with Crippen LogP contribution in [0.3, 0.4) is 0 Å². The maximum absolute atomic E-state index is 13.6. The number of carbonyl (C=O) groups excluding carboxylic acids is 2. The van der Waals surface area contributed by atoms with Gasteiger partial charge in [0.05, 0.1) is 11.1 Å². The quantitative estimate of drug-likeness (QED) is 0.806. The lowest BCUT2D eigenvalue weighted by atomic mass is 9.98. The first-order valence-electron chi connectivity index (χ1n) is 10.3. The summed E-state index contributed by atoms with van der Waals surface area (Å²) in [6, 6.07) is 9.92. The van der Waals surface area contributed by atoms with E-state index in [9.17, 15) is 9.59 Å². The Kier molecular flexibility index (Phi) is 5.57. The molecule has 2 fully saturated rings. The van der Waals surface area contributed by atoms with E-state index in [0.717, 1.165) is 60.8 Å². The largest absolute Gasteiger partial charge is 0.354 e. The number of nitrogens with two attached hydrogens (primary N) is 1. The van der Waals surface area contributed by atoms with Crippen LogP contribution in [-0.4, -0.2) is 47.4 Å². The Bertz CT molecular complexity index is 878. The minimum absolute atomic E-state index is 0.0271. The fraction of sp³-hybridized carbons (Fsp3) is 0.500. The number of carbonyl (C=O) groups is 2. The Morgan fingerprint density at radius 2 is 2.00 bits per heavy atom. The normalized spacial score (nSPS) is 19.6. The number of nitrogens with one attached hydrogen (secondary N) is 1. The first-order chi connectivity index (χ1) is 13.7. The van der Waals surface area contributed by atoms with Gasteiger partial charge in [-0.1, -0.05) is 18.2 Å². The van der Waals surface area contributed by atoms with Crippen LogP contribution in [0.5, 0.6) is 0 Å². The lowest BCUT2D eigenvalue weighted by Crippen LogP contribution is -2.49. The van der Waals surface area contributed by atoms with Crippen LogP contribution in [0.1, 0.15) is 60.5 Å². The second-order valence-electron chi connectivity index (χ2n) is 7.88. The summed E-state index contributed by atoms with van der Waals surface area (Å²) in [5, 5.41) is 3.85. The molecule has 3 N–H and O–H groups in total. The van der Waals surface area contributed by atoms with Crippen molar-refractivity contribution in [3.8, 4) is 0 Å². The molecule has 6 nitrogen and oxygen atoms in total. The van der Waals surface area contributed by atoms with Gasteiger partial charge in [-0.3, -0.25) is 14.6 Å². The van der Waals surface area contributed by atoms with Gasteiger partial charge in [0, 0.05) is 49.1 Å². The number of rotatable bonds is 6. The molecular formula is C22H28N4O2. The Balaban J connectivity index is 1.60. The zero-order chi connectivity index (χ0) is 19.5. The predicted octanol–water partition coefficient (Wildman–Crippen LogP) is 2.57. The molecule has 0 spiro atoms. The first kappa shape index (κ1) is 18.9. The van der Waals surface area contributed by atoms with Crippen molar-refractivity contribution in [2.45, 2.75) is 50.5 Å². The number of benzene rings is 1. The molecule has 1 aromatic heterocycles. The predicted molar refractivity (Wildman–Crippen MR) is 109 cm³/mol. The number of likely N-dealkylation sites (tertiary alicyclic amines) is 1. The standard InChI is InChI=1S/C22H28N4O2/c23-11-10-21(27)24-14-16-5-3-4-12-26(16)22(28)18-13-20(15-8-9-15)25-19-7-2-1-6-17(18)19/h1-2,6-7,13,15-16H,3-5,8-12,14,23H2,(H,24,27). The molecule has 6 heteroatoms. The average molecular weight is 380 g/mol. The zero-order valence-corrected chi connectivity index (χ0v) is 16.2. The van der Waals surface area contributed by atoms with Crippen molar-refractivity contribution in [2.75, 3.05) is 19.6 Å². The van der Waals surface area contributed by atoms with E-state index in [0.29, 0.717) is 25.4 Å². The summed E-state index contributed by atoms with van der Waals surface area (Å²) in [7, 11) is 0. The highest BCUT2D eigenvalue weighted by Crippen LogP contribution is 2.40. The van der Waals surface area contributed by atoms with Gasteiger partial charge in [-0.2, -0.15) is 0 Å². The summed E-state index contributed by atoms with van der Waals surface area (Å²) in [6.45, 7) is 1.56. The molecule has 1 aliphatic carbocycles. The minimum Gasteiger partial charge on any atom is -0.354 e. The van der Waals surface area contributed by atoms with Gasteiger partial charge in [0.25, 0.3) is 5.91 Å². The molecule has 2 aromatic rings. The van der Waals surface area contributed by atoms with Crippen molar-refractivity contribution in [1.82, 2.24) is 15.2 Å². The van der Waals surface area contributed by atoms with E-state index in [1.54, 1.807) is 0 Å². The Labute approximate surface area is 165 Å². The first-order valence-corrected chi connectivity index (χ1v) is 10.3. The smallest absolute Gasteiger partial charge is 0.254 e. The average Bonchev–Trinajstić information content (AvgIpc) is 3.57. The third-order valence-corrected chi connectivity index (χ3v) is 5.76. The highest BCUT2D eigenvalue weighted by atomic mass is 16.2. The summed E-state index contributed by atoms with van der Waals surface area (Å²) in [4.78, 5) is 32.1. The molecule has 1 saturated carbocycles. The van der Waals surface area contributed by atoms with Crippen LogP contribution in [0.15, 0.2) is 30.3 Å². The summed E-state index contributed by atoms with van der Waals surface area (Å²) >= 11 is 0. The van der Waals surface area contributed by atoms with Crippen molar-refractivity contribution in [3.05, 3.63) is 41.6 Å². The SMILES string of the molecule is NCCC(=O)NCC1CCCCN1C(=O)c1cc(C2CC2)nc2ccccc12. The van der Waals surface area contributed by atoms with E-state index < -0.39 is 0 Å². The highest BCUT2D eigenvalue weighted by Gasteiger charge is 2.31. The van der Waals surface area contributed by atoms with Crippen LogP contribution >= 0.6 is 0 Å². The highest BCUT2D eigenvalue weighted by molar-refractivity contribution is 6.06. The number of fused-ring (bicyclic) bond motifs is 1. The van der Waals surface area contributed by atoms with Gasteiger partial charge in [0.2, 0.25) is 5.91 Å². The van der Waals surface area contributed by atoms with Gasteiger partial charge in [-0.15, -0.1) is 0 Å². The molecule has 148 valence electrons. The maximum atomic E-state index is 13.6. The number of hydrogen-bond donors (Lipinski definition) is 2. The molecule has 0 bridgehead atoms. The molecule has 2 amide bonds. The molecule has 1 atom stereocenters. The monoisotopic (exact) mass is 380 g/mol. The number of aromatic nitrogens is 1. The van der Waals surface area contributed by atoms with Crippen LogP contribution in [0.2, 0.25) is 0 Å².